The molecule has 0 radical (unpaired) electrons. The normalized spacial score (nSPS) is 28.1. The van der Waals surface area contributed by atoms with Crippen LogP contribution in [0.5, 0.6) is 0 Å². The van der Waals surface area contributed by atoms with Gasteiger partial charge < -0.3 is 15.0 Å². The van der Waals surface area contributed by atoms with Gasteiger partial charge in [-0.15, -0.1) is 0 Å². The van der Waals surface area contributed by atoms with Crippen LogP contribution in [0.1, 0.15) is 32.6 Å². The maximum atomic E-state index is 5.45. The Labute approximate surface area is 97.2 Å². The summed E-state index contributed by atoms with van der Waals surface area (Å²) in [6.07, 6.45) is 5.25. The van der Waals surface area contributed by atoms with Gasteiger partial charge in [0, 0.05) is 12.6 Å². The minimum absolute atomic E-state index is 0.417. The highest BCUT2D eigenvalue weighted by Crippen LogP contribution is 2.18. The number of hydrogen-bond donors (Lipinski definition) is 1. The van der Waals surface area contributed by atoms with Crippen LogP contribution in [0.4, 0.5) is 0 Å². The average molecular weight is 228 g/mol. The highest BCUT2D eigenvalue weighted by molar-refractivity contribution is 7.80. The summed E-state index contributed by atoms with van der Waals surface area (Å²) in [5.74, 6) is 0. The van der Waals surface area contributed by atoms with Gasteiger partial charge in [0.1, 0.15) is 0 Å². The molecule has 1 saturated heterocycles. The van der Waals surface area contributed by atoms with Crippen molar-refractivity contribution in [2.24, 2.45) is 0 Å². The highest BCUT2D eigenvalue weighted by Gasteiger charge is 2.23. The summed E-state index contributed by atoms with van der Waals surface area (Å²) < 4.78 is 5.40. The van der Waals surface area contributed by atoms with Gasteiger partial charge in [-0.25, -0.2) is 0 Å². The summed E-state index contributed by atoms with van der Waals surface area (Å²) in [6, 6.07) is 1.03. The van der Waals surface area contributed by atoms with Crippen LogP contribution < -0.4 is 5.32 Å². The largest absolute Gasteiger partial charge is 0.377 e. The van der Waals surface area contributed by atoms with Crippen molar-refractivity contribution in [2.45, 2.75) is 44.7 Å². The molecule has 0 aromatic carbocycles. The Balaban J connectivity index is 1.83. The number of morpholine rings is 1. The van der Waals surface area contributed by atoms with E-state index in [-0.39, 0.29) is 0 Å². The summed E-state index contributed by atoms with van der Waals surface area (Å²) in [5, 5.41) is 4.41. The van der Waals surface area contributed by atoms with E-state index in [1.54, 1.807) is 0 Å². The molecule has 1 unspecified atom stereocenters. The number of ether oxygens (including phenoxy) is 1. The Hall–Kier alpha value is -0.350. The van der Waals surface area contributed by atoms with E-state index in [2.05, 4.69) is 17.1 Å². The lowest BCUT2D eigenvalue weighted by molar-refractivity contribution is 0.0326. The minimum Gasteiger partial charge on any atom is -0.377 e. The van der Waals surface area contributed by atoms with Gasteiger partial charge in [-0.3, -0.25) is 0 Å². The van der Waals surface area contributed by atoms with Gasteiger partial charge in [-0.05, 0) is 32.0 Å². The monoisotopic (exact) mass is 228 g/mol. The predicted octanol–water partition coefficient (Wildman–Crippen LogP) is 1.52. The van der Waals surface area contributed by atoms with Crippen LogP contribution in [0.25, 0.3) is 0 Å². The van der Waals surface area contributed by atoms with Crippen molar-refractivity contribution in [1.29, 1.82) is 0 Å². The number of nitrogens with zero attached hydrogens (tertiary/aromatic N) is 1. The third kappa shape index (κ3) is 2.82. The lowest BCUT2D eigenvalue weighted by atomic mass is 10.2. The maximum absolute atomic E-state index is 5.45. The molecule has 1 heterocycles. The fraction of sp³-hybridized carbons (Fsp3) is 0.909. The van der Waals surface area contributed by atoms with Crippen molar-refractivity contribution in [3.63, 3.8) is 0 Å². The molecule has 0 spiro atoms. The van der Waals surface area contributed by atoms with Crippen molar-refractivity contribution in [3.05, 3.63) is 0 Å². The molecule has 3 nitrogen and oxygen atoms in total. The third-order valence-corrected chi connectivity index (χ3v) is 3.66. The number of nitrogens with one attached hydrogen (secondary N) is 1. The van der Waals surface area contributed by atoms with Gasteiger partial charge in [0.05, 0.1) is 19.3 Å². The zero-order chi connectivity index (χ0) is 10.7. The van der Waals surface area contributed by atoms with Gasteiger partial charge >= 0.3 is 0 Å². The van der Waals surface area contributed by atoms with E-state index in [0.29, 0.717) is 12.1 Å². The molecule has 1 aliphatic carbocycles. The smallest absolute Gasteiger partial charge is 0.169 e. The third-order valence-electron chi connectivity index (χ3n) is 3.31. The van der Waals surface area contributed by atoms with E-state index in [1.807, 2.05) is 0 Å². The first-order valence-corrected chi connectivity index (χ1v) is 6.33. The van der Waals surface area contributed by atoms with Gasteiger partial charge in [0.15, 0.2) is 5.11 Å². The fourth-order valence-electron chi connectivity index (χ4n) is 2.36. The number of hydrogen-bond acceptors (Lipinski definition) is 2. The molecular weight excluding hydrogens is 208 g/mol. The van der Waals surface area contributed by atoms with E-state index in [0.717, 1.165) is 24.9 Å². The van der Waals surface area contributed by atoms with Crippen LogP contribution in [0.2, 0.25) is 0 Å². The van der Waals surface area contributed by atoms with Gasteiger partial charge in [-0.1, -0.05) is 12.8 Å². The van der Waals surface area contributed by atoms with E-state index in [4.69, 9.17) is 17.0 Å². The van der Waals surface area contributed by atoms with Crippen LogP contribution in [0, 0.1) is 0 Å². The van der Waals surface area contributed by atoms with Crippen molar-refractivity contribution < 1.29 is 4.74 Å². The van der Waals surface area contributed by atoms with Crippen molar-refractivity contribution in [1.82, 2.24) is 10.2 Å². The van der Waals surface area contributed by atoms with E-state index >= 15 is 0 Å². The SMILES string of the molecule is CC1COCCN1C(=S)NC1CCCC1. The molecule has 0 aromatic rings. The molecule has 4 heteroatoms. The first-order valence-electron chi connectivity index (χ1n) is 5.92. The summed E-state index contributed by atoms with van der Waals surface area (Å²) >= 11 is 5.45. The van der Waals surface area contributed by atoms with E-state index < -0.39 is 0 Å². The molecular formula is C11H20N2OS. The van der Waals surface area contributed by atoms with Crippen LogP contribution in [-0.2, 0) is 4.74 Å². The summed E-state index contributed by atoms with van der Waals surface area (Å²) in [5.41, 5.74) is 0. The van der Waals surface area contributed by atoms with Crippen LogP contribution in [0.3, 0.4) is 0 Å². The zero-order valence-corrected chi connectivity index (χ0v) is 10.2. The molecule has 2 rings (SSSR count). The second kappa shape index (κ2) is 5.12. The molecule has 2 aliphatic rings. The Kier molecular flexibility index (Phi) is 3.81. The minimum atomic E-state index is 0.417. The van der Waals surface area contributed by atoms with Gasteiger partial charge in [-0.2, -0.15) is 0 Å². The Bertz CT molecular complexity index is 229. The molecule has 86 valence electrons. The predicted molar refractivity (Wildman–Crippen MR) is 65.0 cm³/mol. The second-order valence-electron chi connectivity index (χ2n) is 4.55. The molecule has 0 aromatic heterocycles. The molecule has 15 heavy (non-hydrogen) atoms. The number of thiocarbonyl (C=S) groups is 1. The molecule has 1 aliphatic heterocycles. The standard InChI is InChI=1S/C11H20N2OS/c1-9-8-14-7-6-13(9)11(15)12-10-4-2-3-5-10/h9-10H,2-8H2,1H3,(H,12,15). The Morgan fingerprint density at radius 2 is 2.13 bits per heavy atom. The summed E-state index contributed by atoms with van der Waals surface area (Å²) in [4.78, 5) is 2.26. The molecule has 0 bridgehead atoms. The van der Waals surface area contributed by atoms with E-state index in [9.17, 15) is 0 Å². The molecule has 1 saturated carbocycles. The molecule has 0 amide bonds. The van der Waals surface area contributed by atoms with Crippen LogP contribution >= 0.6 is 12.2 Å². The quantitative estimate of drug-likeness (QED) is 0.688. The first kappa shape index (κ1) is 11.1. The number of rotatable bonds is 1. The van der Waals surface area contributed by atoms with Crippen LogP contribution in [0.15, 0.2) is 0 Å². The van der Waals surface area contributed by atoms with E-state index in [1.165, 1.54) is 25.7 Å². The zero-order valence-electron chi connectivity index (χ0n) is 9.37. The summed E-state index contributed by atoms with van der Waals surface area (Å²) in [6.45, 7) is 4.70. The lowest BCUT2D eigenvalue weighted by Crippen LogP contribution is -2.52. The highest BCUT2D eigenvalue weighted by atomic mass is 32.1. The topological polar surface area (TPSA) is 24.5 Å². The van der Waals surface area contributed by atoms with Gasteiger partial charge in [0.25, 0.3) is 0 Å². The van der Waals surface area contributed by atoms with Gasteiger partial charge in [0.2, 0.25) is 0 Å². The first-order chi connectivity index (χ1) is 7.27. The molecule has 1 N–H and O–H groups in total. The summed E-state index contributed by atoms with van der Waals surface area (Å²) in [7, 11) is 0. The molecule has 1 atom stereocenters. The molecule has 2 fully saturated rings. The van der Waals surface area contributed by atoms with Crippen molar-refractivity contribution >= 4 is 17.3 Å². The fourth-order valence-corrected chi connectivity index (χ4v) is 2.79. The van der Waals surface area contributed by atoms with Crippen LogP contribution in [-0.4, -0.2) is 41.9 Å². The van der Waals surface area contributed by atoms with Crippen molar-refractivity contribution in [3.8, 4) is 0 Å². The Morgan fingerprint density at radius 1 is 1.40 bits per heavy atom. The average Bonchev–Trinajstić information content (AvgIpc) is 2.71. The maximum Gasteiger partial charge on any atom is 0.169 e. The van der Waals surface area contributed by atoms with Crippen molar-refractivity contribution in [2.75, 3.05) is 19.8 Å². The Morgan fingerprint density at radius 3 is 2.80 bits per heavy atom. The lowest BCUT2D eigenvalue weighted by Gasteiger charge is -2.36. The second-order valence-corrected chi connectivity index (χ2v) is 4.93.